The van der Waals surface area contributed by atoms with Gasteiger partial charge in [0.25, 0.3) is 0 Å². The zero-order valence-corrected chi connectivity index (χ0v) is 16.2. The van der Waals surface area contributed by atoms with Crippen LogP contribution in [0.2, 0.25) is 0 Å². The quantitative estimate of drug-likeness (QED) is 0.773. The van der Waals surface area contributed by atoms with Crippen molar-refractivity contribution >= 4 is 23.1 Å². The van der Waals surface area contributed by atoms with Gasteiger partial charge in [0.2, 0.25) is 0 Å². The first-order valence-electron chi connectivity index (χ1n) is 7.75. The molecule has 1 N–H and O–H groups in total. The number of aryl methyl sites for hydroxylation is 1. The van der Waals surface area contributed by atoms with Crippen molar-refractivity contribution < 1.29 is 8.94 Å². The molecule has 0 saturated carbocycles. The maximum absolute atomic E-state index is 13.0. The van der Waals surface area contributed by atoms with Crippen LogP contribution in [-0.4, -0.2) is 14.3 Å². The van der Waals surface area contributed by atoms with Gasteiger partial charge in [-0.2, -0.15) is 0 Å². The number of rotatable bonds is 5. The number of nitrogens with one attached hydrogen (secondary N) is 1. The Morgan fingerprint density at radius 2 is 1.88 bits per heavy atom. The van der Waals surface area contributed by atoms with Gasteiger partial charge in [-0.3, -0.25) is 0 Å². The summed E-state index contributed by atoms with van der Waals surface area (Å²) >= 11 is 0.371. The van der Waals surface area contributed by atoms with E-state index in [1.165, 1.54) is 23.9 Å². The third kappa shape index (κ3) is 5.21. The van der Waals surface area contributed by atoms with Gasteiger partial charge in [-0.15, -0.1) is 4.72 Å². The van der Waals surface area contributed by atoms with Crippen molar-refractivity contribution in [1.82, 2.24) is 9.71 Å². The van der Waals surface area contributed by atoms with Crippen molar-refractivity contribution in [2.45, 2.75) is 55.3 Å². The molecular formula is C18H23FN2OS2. The zero-order chi connectivity index (χ0) is 17.9. The molecule has 2 aromatic rings. The molecule has 0 bridgehead atoms. The van der Waals surface area contributed by atoms with Crippen LogP contribution >= 0.6 is 11.8 Å². The molecule has 0 fully saturated rings. The first kappa shape index (κ1) is 19.2. The van der Waals surface area contributed by atoms with E-state index in [4.69, 9.17) is 0 Å². The maximum Gasteiger partial charge on any atom is 0.136 e. The molecule has 2 atom stereocenters. The molecule has 1 aromatic heterocycles. The second kappa shape index (κ2) is 7.87. The van der Waals surface area contributed by atoms with Gasteiger partial charge in [-0.25, -0.2) is 9.37 Å². The van der Waals surface area contributed by atoms with E-state index >= 15 is 0 Å². The van der Waals surface area contributed by atoms with Crippen LogP contribution in [0.4, 0.5) is 4.39 Å². The Morgan fingerprint density at radius 3 is 2.42 bits per heavy atom. The molecule has 1 aromatic carbocycles. The van der Waals surface area contributed by atoms with Gasteiger partial charge in [0.1, 0.15) is 15.6 Å². The molecule has 0 radical (unpaired) electrons. The number of aromatic nitrogens is 1. The SMILES string of the molecule is Cc1cc([C@@H](C)N[S+]([O-])C(C)(C)C)cnc1Sc1ccc(F)cc1. The fourth-order valence-corrected chi connectivity index (χ4v) is 3.58. The number of hydrogen-bond acceptors (Lipinski definition) is 4. The third-order valence-corrected chi connectivity index (χ3v) is 6.23. The lowest BCUT2D eigenvalue weighted by Gasteiger charge is -2.26. The number of nitrogens with zero attached hydrogens (tertiary/aromatic N) is 1. The van der Waals surface area contributed by atoms with Crippen LogP contribution < -0.4 is 4.72 Å². The molecular weight excluding hydrogens is 343 g/mol. The van der Waals surface area contributed by atoms with Gasteiger partial charge in [-0.1, -0.05) is 17.8 Å². The van der Waals surface area contributed by atoms with Crippen LogP contribution in [0, 0.1) is 12.7 Å². The topological polar surface area (TPSA) is 48.0 Å². The highest BCUT2D eigenvalue weighted by Crippen LogP contribution is 2.30. The lowest BCUT2D eigenvalue weighted by atomic mass is 10.1. The molecule has 0 aliphatic carbocycles. The summed E-state index contributed by atoms with van der Waals surface area (Å²) in [6.07, 6.45) is 1.80. The van der Waals surface area contributed by atoms with Crippen LogP contribution in [0.15, 0.2) is 46.5 Å². The van der Waals surface area contributed by atoms with E-state index < -0.39 is 11.4 Å². The smallest absolute Gasteiger partial charge is 0.136 e. The van der Waals surface area contributed by atoms with Gasteiger partial charge in [0.15, 0.2) is 0 Å². The molecule has 0 saturated heterocycles. The summed E-state index contributed by atoms with van der Waals surface area (Å²) in [6, 6.07) is 8.37. The van der Waals surface area contributed by atoms with Crippen molar-refractivity contribution in [2.24, 2.45) is 0 Å². The summed E-state index contributed by atoms with van der Waals surface area (Å²) in [5.41, 5.74) is 2.03. The fraction of sp³-hybridized carbons (Fsp3) is 0.389. The largest absolute Gasteiger partial charge is 0.598 e. The zero-order valence-electron chi connectivity index (χ0n) is 14.6. The Hall–Kier alpha value is -1.08. The highest BCUT2D eigenvalue weighted by molar-refractivity contribution is 7.99. The summed E-state index contributed by atoms with van der Waals surface area (Å²) in [6.45, 7) is 9.79. The van der Waals surface area contributed by atoms with Crippen molar-refractivity contribution in [3.8, 4) is 0 Å². The maximum atomic E-state index is 13.0. The first-order valence-corrected chi connectivity index (χ1v) is 9.71. The first-order chi connectivity index (χ1) is 11.2. The lowest BCUT2D eigenvalue weighted by molar-refractivity contribution is 0.531. The van der Waals surface area contributed by atoms with E-state index in [9.17, 15) is 8.94 Å². The number of halogens is 1. The Morgan fingerprint density at radius 1 is 1.25 bits per heavy atom. The van der Waals surface area contributed by atoms with Gasteiger partial charge < -0.3 is 4.55 Å². The highest BCUT2D eigenvalue weighted by Gasteiger charge is 2.28. The van der Waals surface area contributed by atoms with Crippen LogP contribution in [-0.2, 0) is 11.4 Å². The monoisotopic (exact) mass is 366 g/mol. The molecule has 0 aliphatic heterocycles. The number of pyridine rings is 1. The van der Waals surface area contributed by atoms with Gasteiger partial charge in [0, 0.05) is 22.5 Å². The Labute approximate surface area is 150 Å². The Balaban J connectivity index is 2.10. The summed E-state index contributed by atoms with van der Waals surface area (Å²) in [4.78, 5) is 5.46. The van der Waals surface area contributed by atoms with Gasteiger partial charge in [0.05, 0.1) is 6.04 Å². The van der Waals surface area contributed by atoms with Crippen LogP contribution in [0.1, 0.15) is 44.9 Å². The average Bonchev–Trinajstić information content (AvgIpc) is 2.50. The Bertz CT molecular complexity index is 686. The summed E-state index contributed by atoms with van der Waals surface area (Å²) < 4.78 is 28.0. The second-order valence-corrected chi connectivity index (χ2v) is 9.73. The average molecular weight is 367 g/mol. The molecule has 130 valence electrons. The van der Waals surface area contributed by atoms with Crippen molar-refractivity contribution in [1.29, 1.82) is 0 Å². The highest BCUT2D eigenvalue weighted by atomic mass is 32.2. The lowest BCUT2D eigenvalue weighted by Crippen LogP contribution is -2.40. The number of benzene rings is 1. The van der Waals surface area contributed by atoms with Gasteiger partial charge in [-0.05, 0) is 70.0 Å². The molecule has 24 heavy (non-hydrogen) atoms. The van der Waals surface area contributed by atoms with Crippen LogP contribution in [0.5, 0.6) is 0 Å². The third-order valence-electron chi connectivity index (χ3n) is 3.42. The summed E-state index contributed by atoms with van der Waals surface area (Å²) in [5, 5.41) is 0.884. The molecule has 0 aliphatic rings. The predicted molar refractivity (Wildman–Crippen MR) is 98.9 cm³/mol. The molecule has 0 spiro atoms. The van der Waals surface area contributed by atoms with Crippen molar-refractivity contribution in [3.63, 3.8) is 0 Å². The minimum atomic E-state index is -1.13. The van der Waals surface area contributed by atoms with Crippen LogP contribution in [0.25, 0.3) is 0 Å². The minimum absolute atomic E-state index is 0.0545. The molecule has 1 heterocycles. The normalized spacial score (nSPS) is 14.5. The molecule has 6 heteroatoms. The minimum Gasteiger partial charge on any atom is -0.598 e. The van der Waals surface area contributed by atoms with Crippen molar-refractivity contribution in [3.05, 3.63) is 53.5 Å². The van der Waals surface area contributed by atoms with Crippen LogP contribution in [0.3, 0.4) is 0 Å². The molecule has 3 nitrogen and oxygen atoms in total. The summed E-state index contributed by atoms with van der Waals surface area (Å²) in [7, 11) is 0. The number of hydrogen-bond donors (Lipinski definition) is 1. The predicted octanol–water partition coefficient (Wildman–Crippen LogP) is 4.79. The fourth-order valence-electron chi connectivity index (χ4n) is 1.95. The van der Waals surface area contributed by atoms with E-state index in [1.54, 1.807) is 18.3 Å². The van der Waals surface area contributed by atoms with E-state index in [2.05, 4.69) is 15.8 Å². The molecule has 1 unspecified atom stereocenters. The molecule has 0 amide bonds. The Kier molecular flexibility index (Phi) is 6.31. The van der Waals surface area contributed by atoms with Gasteiger partial charge >= 0.3 is 0 Å². The van der Waals surface area contributed by atoms with E-state index in [1.807, 2.05) is 34.6 Å². The molecule has 2 rings (SSSR count). The summed E-state index contributed by atoms with van der Waals surface area (Å²) in [5.74, 6) is -0.244. The standard InChI is InChI=1S/C18H23FN2OS2/c1-12-10-14(13(2)21-24(22)18(3,4)5)11-20-17(12)23-16-8-6-15(19)7-9-16/h6-11,13,21H,1-5H3/t13-,24?/m1/s1. The van der Waals surface area contributed by atoms with Crippen molar-refractivity contribution in [2.75, 3.05) is 0 Å². The van der Waals surface area contributed by atoms with E-state index in [-0.39, 0.29) is 16.6 Å². The van der Waals surface area contributed by atoms with E-state index in [0.717, 1.165) is 21.0 Å². The van der Waals surface area contributed by atoms with E-state index in [0.29, 0.717) is 0 Å². The second-order valence-electron chi connectivity index (χ2n) is 6.67.